The second-order valence-corrected chi connectivity index (χ2v) is 5.57. The number of pyridine rings is 1. The maximum atomic E-state index is 11.9. The molecule has 2 amide bonds. The Kier molecular flexibility index (Phi) is 6.19. The van der Waals surface area contributed by atoms with Crippen LogP contribution in [0.1, 0.15) is 50.5 Å². The molecular weight excluding hydrogens is 266 g/mol. The number of carbonyl (C=O) groups excluding carboxylic acids is 2. The van der Waals surface area contributed by atoms with Gasteiger partial charge in [-0.2, -0.15) is 0 Å². The molecule has 0 aromatic carbocycles. The van der Waals surface area contributed by atoms with Crippen LogP contribution in [0.5, 0.6) is 0 Å². The number of amides is 2. The highest BCUT2D eigenvalue weighted by molar-refractivity contribution is 5.96. The maximum Gasteiger partial charge on any atom is 0.229 e. The van der Waals surface area contributed by atoms with Gasteiger partial charge in [0.25, 0.3) is 0 Å². The number of hydrogen-bond acceptors (Lipinski definition) is 3. The Morgan fingerprint density at radius 3 is 2.57 bits per heavy atom. The normalized spacial score (nSPS) is 16.0. The van der Waals surface area contributed by atoms with Crippen molar-refractivity contribution in [3.05, 3.63) is 30.1 Å². The second-order valence-electron chi connectivity index (χ2n) is 5.57. The van der Waals surface area contributed by atoms with Crippen molar-refractivity contribution in [1.82, 2.24) is 15.6 Å². The van der Waals surface area contributed by atoms with Crippen molar-refractivity contribution >= 4 is 11.8 Å². The molecule has 1 aromatic heterocycles. The van der Waals surface area contributed by atoms with Crippen LogP contribution >= 0.6 is 0 Å². The Morgan fingerprint density at radius 2 is 1.90 bits per heavy atom. The van der Waals surface area contributed by atoms with E-state index in [-0.39, 0.29) is 24.3 Å². The van der Waals surface area contributed by atoms with Crippen molar-refractivity contribution in [2.75, 3.05) is 0 Å². The Balaban J connectivity index is 1.68. The lowest BCUT2D eigenvalue weighted by atomic mass is 10.1. The lowest BCUT2D eigenvalue weighted by molar-refractivity contribution is -0.129. The van der Waals surface area contributed by atoms with E-state index in [9.17, 15) is 9.59 Å². The van der Waals surface area contributed by atoms with Gasteiger partial charge in [0.15, 0.2) is 0 Å². The van der Waals surface area contributed by atoms with Gasteiger partial charge in [-0.05, 0) is 24.5 Å². The van der Waals surface area contributed by atoms with E-state index in [4.69, 9.17) is 0 Å². The molecule has 1 aliphatic rings. The highest BCUT2D eigenvalue weighted by Crippen LogP contribution is 2.17. The molecule has 2 N–H and O–H groups in total. The predicted molar refractivity (Wildman–Crippen MR) is 80.3 cm³/mol. The number of hydrogen-bond donors (Lipinski definition) is 2. The zero-order valence-corrected chi connectivity index (χ0v) is 12.3. The summed E-state index contributed by atoms with van der Waals surface area (Å²) < 4.78 is 0. The van der Waals surface area contributed by atoms with E-state index >= 15 is 0 Å². The molecule has 0 atom stereocenters. The van der Waals surface area contributed by atoms with E-state index in [0.717, 1.165) is 31.2 Å². The standard InChI is InChI=1S/C16H23N3O2/c20-15(18-12-13-6-5-9-17-11-13)10-16(21)19-14-7-3-1-2-4-8-14/h5-6,9,11,14H,1-4,7-8,10,12H2,(H,18,20)(H,19,21). The van der Waals surface area contributed by atoms with Crippen LogP contribution in [0, 0.1) is 0 Å². The monoisotopic (exact) mass is 289 g/mol. The topological polar surface area (TPSA) is 71.1 Å². The van der Waals surface area contributed by atoms with E-state index in [1.54, 1.807) is 12.4 Å². The van der Waals surface area contributed by atoms with E-state index in [2.05, 4.69) is 15.6 Å². The molecule has 0 unspecified atom stereocenters. The molecule has 0 spiro atoms. The molecular formula is C16H23N3O2. The van der Waals surface area contributed by atoms with Crippen LogP contribution in [0.4, 0.5) is 0 Å². The second kappa shape index (κ2) is 8.39. The zero-order chi connectivity index (χ0) is 14.9. The third-order valence-electron chi connectivity index (χ3n) is 3.75. The smallest absolute Gasteiger partial charge is 0.229 e. The van der Waals surface area contributed by atoms with Gasteiger partial charge in [-0.1, -0.05) is 31.7 Å². The molecule has 0 radical (unpaired) electrons. The molecule has 5 heteroatoms. The van der Waals surface area contributed by atoms with Crippen LogP contribution in [0.3, 0.4) is 0 Å². The maximum absolute atomic E-state index is 11.9. The Labute approximate surface area is 125 Å². The molecule has 0 saturated heterocycles. The van der Waals surface area contributed by atoms with Crippen molar-refractivity contribution in [2.45, 2.75) is 57.5 Å². The SMILES string of the molecule is O=C(CC(=O)NC1CCCCCC1)NCc1cccnc1. The summed E-state index contributed by atoms with van der Waals surface area (Å²) in [5.41, 5.74) is 0.926. The van der Waals surface area contributed by atoms with Crippen molar-refractivity contribution in [2.24, 2.45) is 0 Å². The first-order valence-electron chi connectivity index (χ1n) is 7.69. The molecule has 1 fully saturated rings. The van der Waals surface area contributed by atoms with Gasteiger partial charge in [0.1, 0.15) is 6.42 Å². The molecule has 5 nitrogen and oxygen atoms in total. The molecule has 1 aromatic rings. The number of carbonyl (C=O) groups is 2. The van der Waals surface area contributed by atoms with Crippen LogP contribution in [-0.4, -0.2) is 22.8 Å². The van der Waals surface area contributed by atoms with Crippen molar-refractivity contribution in [1.29, 1.82) is 0 Å². The first kappa shape index (κ1) is 15.5. The van der Waals surface area contributed by atoms with Gasteiger partial charge in [0.2, 0.25) is 11.8 Å². The minimum atomic E-state index is -0.245. The van der Waals surface area contributed by atoms with E-state index in [1.807, 2.05) is 12.1 Å². The Hall–Kier alpha value is -1.91. The first-order chi connectivity index (χ1) is 10.2. The average molecular weight is 289 g/mol. The predicted octanol–water partition coefficient (Wildman–Crippen LogP) is 1.93. The fraction of sp³-hybridized carbons (Fsp3) is 0.562. The molecule has 2 rings (SSSR count). The lowest BCUT2D eigenvalue weighted by Crippen LogP contribution is -2.37. The quantitative estimate of drug-likeness (QED) is 0.642. The summed E-state index contributed by atoms with van der Waals surface area (Å²) in [6.45, 7) is 0.406. The highest BCUT2D eigenvalue weighted by Gasteiger charge is 2.16. The zero-order valence-electron chi connectivity index (χ0n) is 12.3. The van der Waals surface area contributed by atoms with Crippen LogP contribution in [0.25, 0.3) is 0 Å². The van der Waals surface area contributed by atoms with Gasteiger partial charge in [-0.15, -0.1) is 0 Å². The van der Waals surface area contributed by atoms with E-state index in [1.165, 1.54) is 12.8 Å². The summed E-state index contributed by atoms with van der Waals surface area (Å²) in [6, 6.07) is 3.95. The summed E-state index contributed by atoms with van der Waals surface area (Å²) in [5, 5.41) is 5.72. The van der Waals surface area contributed by atoms with Gasteiger partial charge in [-0.3, -0.25) is 14.6 Å². The Bertz CT molecular complexity index is 454. The largest absolute Gasteiger partial charge is 0.353 e. The summed E-state index contributed by atoms with van der Waals surface area (Å²) in [5.74, 6) is -0.421. The fourth-order valence-corrected chi connectivity index (χ4v) is 2.61. The molecule has 1 aliphatic carbocycles. The van der Waals surface area contributed by atoms with Gasteiger partial charge in [-0.25, -0.2) is 0 Å². The summed E-state index contributed by atoms with van der Waals surface area (Å²) in [7, 11) is 0. The third-order valence-corrected chi connectivity index (χ3v) is 3.75. The number of nitrogens with one attached hydrogen (secondary N) is 2. The van der Waals surface area contributed by atoms with Crippen LogP contribution in [-0.2, 0) is 16.1 Å². The minimum Gasteiger partial charge on any atom is -0.353 e. The molecule has 114 valence electrons. The molecule has 0 bridgehead atoms. The van der Waals surface area contributed by atoms with Gasteiger partial charge < -0.3 is 10.6 Å². The summed E-state index contributed by atoms with van der Waals surface area (Å²) >= 11 is 0. The van der Waals surface area contributed by atoms with Crippen molar-refractivity contribution < 1.29 is 9.59 Å². The number of rotatable bonds is 5. The summed E-state index contributed by atoms with van der Waals surface area (Å²) in [4.78, 5) is 27.6. The van der Waals surface area contributed by atoms with Crippen LogP contribution < -0.4 is 10.6 Å². The van der Waals surface area contributed by atoms with Crippen molar-refractivity contribution in [3.63, 3.8) is 0 Å². The van der Waals surface area contributed by atoms with Gasteiger partial charge >= 0.3 is 0 Å². The van der Waals surface area contributed by atoms with Crippen LogP contribution in [0.15, 0.2) is 24.5 Å². The van der Waals surface area contributed by atoms with E-state index < -0.39 is 0 Å². The fourth-order valence-electron chi connectivity index (χ4n) is 2.61. The van der Waals surface area contributed by atoms with Crippen molar-refractivity contribution in [3.8, 4) is 0 Å². The minimum absolute atomic E-state index is 0.100. The molecule has 21 heavy (non-hydrogen) atoms. The molecule has 1 saturated carbocycles. The Morgan fingerprint density at radius 1 is 1.14 bits per heavy atom. The molecule has 1 heterocycles. The van der Waals surface area contributed by atoms with Gasteiger partial charge in [0.05, 0.1) is 0 Å². The van der Waals surface area contributed by atoms with E-state index in [0.29, 0.717) is 6.54 Å². The van der Waals surface area contributed by atoms with Gasteiger partial charge in [0, 0.05) is 25.0 Å². The number of aromatic nitrogens is 1. The lowest BCUT2D eigenvalue weighted by Gasteiger charge is -2.16. The average Bonchev–Trinajstić information content (AvgIpc) is 2.75. The third kappa shape index (κ3) is 5.94. The summed E-state index contributed by atoms with van der Waals surface area (Å²) in [6.07, 6.45) is 10.2. The number of nitrogens with zero attached hydrogens (tertiary/aromatic N) is 1. The molecule has 0 aliphatic heterocycles. The van der Waals surface area contributed by atoms with Crippen LogP contribution in [0.2, 0.25) is 0 Å². The first-order valence-corrected chi connectivity index (χ1v) is 7.69. The highest BCUT2D eigenvalue weighted by atomic mass is 16.2.